The van der Waals surface area contributed by atoms with Crippen LogP contribution in [-0.4, -0.2) is 33.5 Å². The van der Waals surface area contributed by atoms with E-state index in [1.54, 1.807) is 0 Å². The monoisotopic (exact) mass is 353 g/mol. The number of carbonyl (C=O) groups excluding carboxylic acids is 1. The predicted molar refractivity (Wildman–Crippen MR) is 99.6 cm³/mol. The van der Waals surface area contributed by atoms with Gasteiger partial charge in [-0.2, -0.15) is 0 Å². The molecule has 1 aromatic heterocycles. The van der Waals surface area contributed by atoms with Gasteiger partial charge in [0.1, 0.15) is 5.82 Å². The average Bonchev–Trinajstić information content (AvgIpc) is 3.23. The van der Waals surface area contributed by atoms with E-state index in [2.05, 4.69) is 40.7 Å². The molecule has 0 saturated carbocycles. The number of hydrogen-bond donors (Lipinski definition) is 0. The molecule has 4 rings (SSSR count). The topological polar surface area (TPSA) is 47.4 Å². The lowest BCUT2D eigenvalue weighted by Crippen LogP contribution is -2.42. The Hall–Kier alpha value is -2.14. The van der Waals surface area contributed by atoms with Crippen molar-refractivity contribution in [1.29, 1.82) is 0 Å². The standard InChI is InChI=1S/C21H27N3O2/c1-3-26-14-19-13-22-21-15(2)23(8-9-24(19)21)20(25)12-16-10-17-6-4-5-7-18(17)11-16/h4-7,13,15-16H,3,8-12,14H2,1-2H3/t15-/m0/s1. The Morgan fingerprint density at radius 2 is 1.96 bits per heavy atom. The summed E-state index contributed by atoms with van der Waals surface area (Å²) in [6.45, 7) is 6.93. The van der Waals surface area contributed by atoms with Crippen molar-refractivity contribution in [2.75, 3.05) is 13.2 Å². The van der Waals surface area contributed by atoms with Gasteiger partial charge in [0, 0.05) is 26.1 Å². The van der Waals surface area contributed by atoms with Gasteiger partial charge in [-0.1, -0.05) is 24.3 Å². The zero-order valence-electron chi connectivity index (χ0n) is 15.6. The van der Waals surface area contributed by atoms with E-state index in [0.717, 1.165) is 37.4 Å². The molecule has 138 valence electrons. The Balaban J connectivity index is 1.41. The summed E-state index contributed by atoms with van der Waals surface area (Å²) in [7, 11) is 0. The van der Waals surface area contributed by atoms with Crippen molar-refractivity contribution in [1.82, 2.24) is 14.5 Å². The van der Waals surface area contributed by atoms with Gasteiger partial charge in [-0.3, -0.25) is 4.79 Å². The first-order valence-electron chi connectivity index (χ1n) is 9.65. The van der Waals surface area contributed by atoms with Gasteiger partial charge in [0.2, 0.25) is 5.91 Å². The molecule has 5 nitrogen and oxygen atoms in total. The highest BCUT2D eigenvalue weighted by atomic mass is 16.5. The zero-order valence-corrected chi connectivity index (χ0v) is 15.6. The first kappa shape index (κ1) is 17.3. The van der Waals surface area contributed by atoms with E-state index in [4.69, 9.17) is 4.74 Å². The van der Waals surface area contributed by atoms with E-state index in [1.165, 1.54) is 11.1 Å². The highest BCUT2D eigenvalue weighted by molar-refractivity contribution is 5.77. The van der Waals surface area contributed by atoms with Gasteiger partial charge in [-0.25, -0.2) is 4.98 Å². The minimum Gasteiger partial charge on any atom is -0.375 e. The number of carbonyl (C=O) groups is 1. The van der Waals surface area contributed by atoms with Gasteiger partial charge in [-0.15, -0.1) is 0 Å². The van der Waals surface area contributed by atoms with Crippen LogP contribution in [0.5, 0.6) is 0 Å². The van der Waals surface area contributed by atoms with Crippen molar-refractivity contribution in [3.63, 3.8) is 0 Å². The fraction of sp³-hybridized carbons (Fsp3) is 0.524. The summed E-state index contributed by atoms with van der Waals surface area (Å²) in [5.41, 5.74) is 3.92. The third-order valence-corrected chi connectivity index (χ3v) is 5.75. The maximum Gasteiger partial charge on any atom is 0.223 e. The number of ether oxygens (including phenoxy) is 1. The number of benzene rings is 1. The summed E-state index contributed by atoms with van der Waals surface area (Å²) >= 11 is 0. The molecule has 1 amide bonds. The van der Waals surface area contributed by atoms with Gasteiger partial charge < -0.3 is 14.2 Å². The fourth-order valence-electron chi connectivity index (χ4n) is 4.38. The highest BCUT2D eigenvalue weighted by Gasteiger charge is 2.32. The molecule has 2 aliphatic rings. The van der Waals surface area contributed by atoms with E-state index in [9.17, 15) is 4.79 Å². The van der Waals surface area contributed by atoms with E-state index in [-0.39, 0.29) is 11.9 Å². The molecular weight excluding hydrogens is 326 g/mol. The SMILES string of the molecule is CCOCc1cnc2n1CCN(C(=O)CC1Cc3ccccc3C1)[C@H]2C. The number of nitrogens with zero attached hydrogens (tertiary/aromatic N) is 3. The Labute approximate surface area is 155 Å². The van der Waals surface area contributed by atoms with Crippen LogP contribution in [-0.2, 0) is 35.5 Å². The molecule has 0 spiro atoms. The lowest BCUT2D eigenvalue weighted by Gasteiger charge is -2.35. The van der Waals surface area contributed by atoms with Crippen LogP contribution in [0.25, 0.3) is 0 Å². The lowest BCUT2D eigenvalue weighted by atomic mass is 10.0. The maximum absolute atomic E-state index is 13.0. The number of fused-ring (bicyclic) bond motifs is 2. The number of hydrogen-bond acceptors (Lipinski definition) is 3. The minimum atomic E-state index is 0.0235. The number of rotatable bonds is 5. The Morgan fingerprint density at radius 1 is 1.23 bits per heavy atom. The molecule has 1 aliphatic heterocycles. The van der Waals surface area contributed by atoms with E-state index in [0.29, 0.717) is 25.6 Å². The number of imidazole rings is 1. The summed E-state index contributed by atoms with van der Waals surface area (Å²) in [6.07, 6.45) is 4.57. The molecule has 1 aliphatic carbocycles. The normalized spacial score (nSPS) is 19.5. The average molecular weight is 353 g/mol. The third kappa shape index (κ3) is 3.16. The van der Waals surface area contributed by atoms with Crippen LogP contribution in [0.15, 0.2) is 30.5 Å². The Morgan fingerprint density at radius 3 is 2.65 bits per heavy atom. The minimum absolute atomic E-state index is 0.0235. The smallest absolute Gasteiger partial charge is 0.223 e. The molecule has 1 aromatic carbocycles. The molecule has 0 radical (unpaired) electrons. The first-order valence-corrected chi connectivity index (χ1v) is 9.65. The molecule has 2 aromatic rings. The van der Waals surface area contributed by atoms with Crippen LogP contribution in [0, 0.1) is 5.92 Å². The van der Waals surface area contributed by atoms with Crippen LogP contribution < -0.4 is 0 Å². The largest absolute Gasteiger partial charge is 0.375 e. The summed E-state index contributed by atoms with van der Waals surface area (Å²) in [4.78, 5) is 19.6. The van der Waals surface area contributed by atoms with Crippen molar-refractivity contribution < 1.29 is 9.53 Å². The molecule has 5 heteroatoms. The second-order valence-electron chi connectivity index (χ2n) is 7.41. The van der Waals surface area contributed by atoms with E-state index >= 15 is 0 Å². The quantitative estimate of drug-likeness (QED) is 0.830. The summed E-state index contributed by atoms with van der Waals surface area (Å²) in [5.74, 6) is 1.67. The van der Waals surface area contributed by atoms with Gasteiger partial charge in [-0.05, 0) is 43.7 Å². The third-order valence-electron chi connectivity index (χ3n) is 5.75. The fourth-order valence-corrected chi connectivity index (χ4v) is 4.38. The molecular formula is C21H27N3O2. The van der Waals surface area contributed by atoms with Crippen molar-refractivity contribution in [3.05, 3.63) is 53.1 Å². The van der Waals surface area contributed by atoms with Gasteiger partial charge in [0.25, 0.3) is 0 Å². The molecule has 2 heterocycles. The maximum atomic E-state index is 13.0. The van der Waals surface area contributed by atoms with Gasteiger partial charge >= 0.3 is 0 Å². The second-order valence-corrected chi connectivity index (χ2v) is 7.41. The van der Waals surface area contributed by atoms with Crippen LogP contribution in [0.1, 0.15) is 49.0 Å². The molecule has 0 unspecified atom stereocenters. The summed E-state index contributed by atoms with van der Waals surface area (Å²) in [5, 5.41) is 0. The number of amides is 1. The van der Waals surface area contributed by atoms with E-state index < -0.39 is 0 Å². The molecule has 0 fully saturated rings. The van der Waals surface area contributed by atoms with Crippen molar-refractivity contribution >= 4 is 5.91 Å². The molecule has 0 N–H and O–H groups in total. The van der Waals surface area contributed by atoms with Crippen LogP contribution in [0.2, 0.25) is 0 Å². The Bertz CT molecular complexity index is 773. The first-order chi connectivity index (χ1) is 12.7. The summed E-state index contributed by atoms with van der Waals surface area (Å²) < 4.78 is 7.75. The summed E-state index contributed by atoms with van der Waals surface area (Å²) in [6, 6.07) is 8.60. The molecule has 0 saturated heterocycles. The lowest BCUT2D eigenvalue weighted by molar-refractivity contribution is -0.135. The molecule has 0 bridgehead atoms. The Kier molecular flexibility index (Phi) is 4.81. The molecule has 26 heavy (non-hydrogen) atoms. The van der Waals surface area contributed by atoms with Crippen molar-refractivity contribution in [2.24, 2.45) is 5.92 Å². The second kappa shape index (κ2) is 7.23. The van der Waals surface area contributed by atoms with Crippen LogP contribution in [0.4, 0.5) is 0 Å². The van der Waals surface area contributed by atoms with Crippen LogP contribution >= 0.6 is 0 Å². The molecule has 1 atom stereocenters. The van der Waals surface area contributed by atoms with E-state index in [1.807, 2.05) is 18.0 Å². The van der Waals surface area contributed by atoms with Gasteiger partial charge in [0.05, 0.1) is 24.5 Å². The van der Waals surface area contributed by atoms with Crippen molar-refractivity contribution in [2.45, 2.75) is 52.3 Å². The zero-order chi connectivity index (χ0) is 18.1. The number of aromatic nitrogens is 2. The predicted octanol–water partition coefficient (Wildman–Crippen LogP) is 3.13. The highest BCUT2D eigenvalue weighted by Crippen LogP contribution is 2.31. The van der Waals surface area contributed by atoms with Crippen LogP contribution in [0.3, 0.4) is 0 Å². The van der Waals surface area contributed by atoms with Crippen molar-refractivity contribution in [3.8, 4) is 0 Å². The van der Waals surface area contributed by atoms with Gasteiger partial charge in [0.15, 0.2) is 0 Å².